The Morgan fingerprint density at radius 2 is 2.10 bits per heavy atom. The van der Waals surface area contributed by atoms with Crippen LogP contribution in [-0.2, 0) is 9.53 Å². The molecule has 0 N–H and O–H groups in total. The number of ether oxygens (including phenoxy) is 1. The molecule has 0 heterocycles. The van der Waals surface area contributed by atoms with Gasteiger partial charge in [-0.25, -0.2) is 0 Å². The molecule has 0 saturated heterocycles. The van der Waals surface area contributed by atoms with E-state index in [9.17, 15) is 4.79 Å². The van der Waals surface area contributed by atoms with E-state index in [0.717, 1.165) is 12.7 Å². The molecule has 0 fully saturated rings. The van der Waals surface area contributed by atoms with Crippen molar-refractivity contribution in [1.82, 2.24) is 0 Å². The minimum atomic E-state index is 0.241. The molecule has 0 aliphatic rings. The third-order valence-corrected chi connectivity index (χ3v) is 1.62. The van der Waals surface area contributed by atoms with E-state index in [-0.39, 0.29) is 6.10 Å². The number of carbonyl (C=O) groups excluding carboxylic acids is 1. The zero-order valence-electron chi connectivity index (χ0n) is 6.96. The van der Waals surface area contributed by atoms with E-state index in [1.54, 1.807) is 7.11 Å². The molecule has 1 unspecified atom stereocenters. The molecule has 10 heavy (non-hydrogen) atoms. The molecule has 2 nitrogen and oxygen atoms in total. The van der Waals surface area contributed by atoms with Crippen molar-refractivity contribution in [2.75, 3.05) is 7.11 Å². The van der Waals surface area contributed by atoms with Crippen LogP contribution in [0.5, 0.6) is 0 Å². The predicted octanol–water partition coefficient (Wildman–Crippen LogP) is 1.64. The maximum absolute atomic E-state index is 9.99. The van der Waals surface area contributed by atoms with Crippen molar-refractivity contribution < 1.29 is 9.53 Å². The summed E-state index contributed by atoms with van der Waals surface area (Å²) in [6, 6.07) is 0. The molecular weight excluding hydrogens is 128 g/mol. The number of aldehydes is 1. The van der Waals surface area contributed by atoms with E-state index >= 15 is 0 Å². The Bertz CT molecular complexity index is 89.3. The molecule has 0 aliphatic carbocycles. The van der Waals surface area contributed by atoms with Gasteiger partial charge in [0.1, 0.15) is 6.29 Å². The van der Waals surface area contributed by atoms with Crippen LogP contribution < -0.4 is 0 Å². The van der Waals surface area contributed by atoms with Gasteiger partial charge in [0.05, 0.1) is 6.10 Å². The Morgan fingerprint density at radius 3 is 2.40 bits per heavy atom. The molecule has 2 heteroatoms. The molecule has 0 spiro atoms. The fraction of sp³-hybridized carbons (Fsp3) is 0.875. The fourth-order valence-corrected chi connectivity index (χ4v) is 0.956. The van der Waals surface area contributed by atoms with E-state index in [1.165, 1.54) is 0 Å². The molecule has 0 rings (SSSR count). The highest BCUT2D eigenvalue weighted by Crippen LogP contribution is 2.10. The SMILES string of the molecule is COC(CCC=O)C(C)C. The third kappa shape index (κ3) is 3.62. The monoisotopic (exact) mass is 144 g/mol. The van der Waals surface area contributed by atoms with Crippen LogP contribution in [0.25, 0.3) is 0 Å². The first kappa shape index (κ1) is 9.63. The molecule has 0 aromatic rings. The average molecular weight is 144 g/mol. The van der Waals surface area contributed by atoms with Gasteiger partial charge in [-0.1, -0.05) is 13.8 Å². The van der Waals surface area contributed by atoms with Crippen molar-refractivity contribution in [1.29, 1.82) is 0 Å². The zero-order valence-corrected chi connectivity index (χ0v) is 6.96. The summed E-state index contributed by atoms with van der Waals surface area (Å²) < 4.78 is 5.15. The van der Waals surface area contributed by atoms with Crippen LogP contribution in [0.2, 0.25) is 0 Å². The standard InChI is InChI=1S/C8H16O2/c1-7(2)8(10-3)5-4-6-9/h6-8H,4-5H2,1-3H3. The van der Waals surface area contributed by atoms with Gasteiger partial charge in [0.25, 0.3) is 0 Å². The van der Waals surface area contributed by atoms with Crippen LogP contribution in [0.15, 0.2) is 0 Å². The van der Waals surface area contributed by atoms with E-state index < -0.39 is 0 Å². The lowest BCUT2D eigenvalue weighted by atomic mass is 10.0. The van der Waals surface area contributed by atoms with Crippen molar-refractivity contribution in [2.45, 2.75) is 32.8 Å². The maximum Gasteiger partial charge on any atom is 0.120 e. The van der Waals surface area contributed by atoms with Crippen LogP contribution in [-0.4, -0.2) is 19.5 Å². The van der Waals surface area contributed by atoms with Gasteiger partial charge in [0, 0.05) is 13.5 Å². The van der Waals surface area contributed by atoms with Gasteiger partial charge in [-0.05, 0) is 12.3 Å². The Balaban J connectivity index is 3.49. The summed E-state index contributed by atoms with van der Waals surface area (Å²) in [5.41, 5.74) is 0. The highest BCUT2D eigenvalue weighted by Gasteiger charge is 2.10. The summed E-state index contributed by atoms with van der Waals surface area (Å²) >= 11 is 0. The van der Waals surface area contributed by atoms with Crippen LogP contribution in [0.1, 0.15) is 26.7 Å². The lowest BCUT2D eigenvalue weighted by Crippen LogP contribution is -2.17. The topological polar surface area (TPSA) is 26.3 Å². The average Bonchev–Trinajstić information content (AvgIpc) is 1.89. The maximum atomic E-state index is 9.99. The summed E-state index contributed by atoms with van der Waals surface area (Å²) in [4.78, 5) is 9.99. The van der Waals surface area contributed by atoms with Gasteiger partial charge in [-0.2, -0.15) is 0 Å². The smallest absolute Gasteiger partial charge is 0.120 e. The van der Waals surface area contributed by atoms with E-state index in [2.05, 4.69) is 13.8 Å². The summed E-state index contributed by atoms with van der Waals surface area (Å²) in [6.45, 7) is 4.19. The summed E-state index contributed by atoms with van der Waals surface area (Å²) in [7, 11) is 1.69. The van der Waals surface area contributed by atoms with Crippen molar-refractivity contribution >= 4 is 6.29 Å². The van der Waals surface area contributed by atoms with Crippen molar-refractivity contribution in [3.05, 3.63) is 0 Å². The van der Waals surface area contributed by atoms with Crippen molar-refractivity contribution in [2.24, 2.45) is 5.92 Å². The quantitative estimate of drug-likeness (QED) is 0.548. The largest absolute Gasteiger partial charge is 0.381 e. The van der Waals surface area contributed by atoms with E-state index in [1.807, 2.05) is 0 Å². The second-order valence-electron chi connectivity index (χ2n) is 2.76. The Kier molecular flexibility index (Phi) is 5.22. The third-order valence-electron chi connectivity index (χ3n) is 1.62. The number of hydrogen-bond acceptors (Lipinski definition) is 2. The van der Waals surface area contributed by atoms with Gasteiger partial charge < -0.3 is 9.53 Å². The lowest BCUT2D eigenvalue weighted by Gasteiger charge is -2.17. The van der Waals surface area contributed by atoms with Crippen molar-refractivity contribution in [3.8, 4) is 0 Å². The summed E-state index contributed by atoms with van der Waals surface area (Å²) in [5.74, 6) is 0.505. The number of rotatable bonds is 5. The summed E-state index contributed by atoms with van der Waals surface area (Å²) in [6.07, 6.45) is 2.63. The second kappa shape index (κ2) is 5.42. The zero-order chi connectivity index (χ0) is 7.98. The van der Waals surface area contributed by atoms with Gasteiger partial charge in [-0.15, -0.1) is 0 Å². The lowest BCUT2D eigenvalue weighted by molar-refractivity contribution is -0.108. The van der Waals surface area contributed by atoms with Crippen LogP contribution in [0.4, 0.5) is 0 Å². The molecule has 0 aliphatic heterocycles. The van der Waals surface area contributed by atoms with Gasteiger partial charge in [-0.3, -0.25) is 0 Å². The Hall–Kier alpha value is -0.370. The molecule has 60 valence electrons. The van der Waals surface area contributed by atoms with Gasteiger partial charge in [0.2, 0.25) is 0 Å². The normalized spacial score (nSPS) is 13.6. The minimum absolute atomic E-state index is 0.241. The molecule has 0 amide bonds. The molecule has 0 aromatic heterocycles. The molecule has 0 saturated carbocycles. The number of hydrogen-bond donors (Lipinski definition) is 0. The van der Waals surface area contributed by atoms with Gasteiger partial charge >= 0.3 is 0 Å². The fourth-order valence-electron chi connectivity index (χ4n) is 0.956. The van der Waals surface area contributed by atoms with Crippen LogP contribution in [0, 0.1) is 5.92 Å². The van der Waals surface area contributed by atoms with E-state index in [0.29, 0.717) is 12.3 Å². The summed E-state index contributed by atoms with van der Waals surface area (Å²) in [5, 5.41) is 0. The highest BCUT2D eigenvalue weighted by atomic mass is 16.5. The number of methoxy groups -OCH3 is 1. The molecule has 0 aromatic carbocycles. The van der Waals surface area contributed by atoms with Gasteiger partial charge in [0.15, 0.2) is 0 Å². The molecule has 0 bridgehead atoms. The predicted molar refractivity (Wildman–Crippen MR) is 40.9 cm³/mol. The van der Waals surface area contributed by atoms with E-state index in [4.69, 9.17) is 4.74 Å². The number of carbonyl (C=O) groups is 1. The minimum Gasteiger partial charge on any atom is -0.381 e. The second-order valence-corrected chi connectivity index (χ2v) is 2.76. The molecule has 0 radical (unpaired) electrons. The first-order chi connectivity index (χ1) is 4.72. The molecule has 1 atom stereocenters. The Labute approximate surface area is 62.6 Å². The Morgan fingerprint density at radius 1 is 1.50 bits per heavy atom. The van der Waals surface area contributed by atoms with Crippen molar-refractivity contribution in [3.63, 3.8) is 0 Å². The highest BCUT2D eigenvalue weighted by molar-refractivity contribution is 5.49. The first-order valence-corrected chi connectivity index (χ1v) is 3.68. The van der Waals surface area contributed by atoms with Crippen LogP contribution in [0.3, 0.4) is 0 Å². The first-order valence-electron chi connectivity index (χ1n) is 3.68. The van der Waals surface area contributed by atoms with Crippen LogP contribution >= 0.6 is 0 Å². The molecular formula is C8H16O2.